The summed E-state index contributed by atoms with van der Waals surface area (Å²) in [5, 5.41) is 3.98. The number of aromatic nitrogens is 3. The first-order valence-corrected chi connectivity index (χ1v) is 8.75. The summed E-state index contributed by atoms with van der Waals surface area (Å²) in [6, 6.07) is 11.3. The van der Waals surface area contributed by atoms with Crippen LogP contribution in [-0.4, -0.2) is 46.6 Å². The van der Waals surface area contributed by atoms with Gasteiger partial charge in [0.05, 0.1) is 7.11 Å². The zero-order chi connectivity index (χ0) is 19.1. The molecule has 3 rings (SSSR count). The van der Waals surface area contributed by atoms with Crippen LogP contribution in [0.4, 0.5) is 0 Å². The molecule has 2 aromatic heterocycles. The Hall–Kier alpha value is -3.22. The minimum atomic E-state index is 0.0493. The predicted octanol–water partition coefficient (Wildman–Crippen LogP) is 2.77. The van der Waals surface area contributed by atoms with Crippen molar-refractivity contribution in [3.63, 3.8) is 0 Å². The normalized spacial score (nSPS) is 10.6. The average molecular weight is 366 g/mol. The monoisotopic (exact) mass is 366 g/mol. The molecule has 0 saturated heterocycles. The number of rotatable bonds is 8. The summed E-state index contributed by atoms with van der Waals surface area (Å²) in [7, 11) is 3.42. The summed E-state index contributed by atoms with van der Waals surface area (Å²) in [5.41, 5.74) is 2.00. The van der Waals surface area contributed by atoms with Gasteiger partial charge in [-0.15, -0.1) is 0 Å². The maximum Gasteiger partial charge on any atom is 0.227 e. The fourth-order valence-electron chi connectivity index (χ4n) is 2.59. The molecule has 1 amide bonds. The smallest absolute Gasteiger partial charge is 0.227 e. The Morgan fingerprint density at radius 3 is 2.56 bits per heavy atom. The van der Waals surface area contributed by atoms with Gasteiger partial charge >= 0.3 is 0 Å². The molecule has 140 valence electrons. The molecule has 0 spiro atoms. The quantitative estimate of drug-likeness (QED) is 0.610. The third-order valence-electron chi connectivity index (χ3n) is 4.28. The molecule has 3 aromatic rings. The molecule has 27 heavy (non-hydrogen) atoms. The molecule has 0 bridgehead atoms. The highest BCUT2D eigenvalue weighted by Gasteiger charge is 2.13. The number of amides is 1. The molecule has 0 atom stereocenters. The third kappa shape index (κ3) is 5.13. The van der Waals surface area contributed by atoms with Crippen LogP contribution in [-0.2, 0) is 17.6 Å². The number of likely N-dealkylation sites (N-methyl/N-ethyl adjacent to an activating group) is 1. The van der Waals surface area contributed by atoms with E-state index in [0.717, 1.165) is 23.3 Å². The van der Waals surface area contributed by atoms with Gasteiger partial charge in [0.1, 0.15) is 5.75 Å². The predicted molar refractivity (Wildman–Crippen MR) is 100 cm³/mol. The number of carbonyl (C=O) groups excluding carboxylic acids is 1. The largest absolute Gasteiger partial charge is 0.497 e. The van der Waals surface area contributed by atoms with Gasteiger partial charge in [-0.25, -0.2) is 0 Å². The highest BCUT2D eigenvalue weighted by Crippen LogP contribution is 2.20. The van der Waals surface area contributed by atoms with Gasteiger partial charge in [0.15, 0.2) is 0 Å². The molecular weight excluding hydrogens is 344 g/mol. The van der Waals surface area contributed by atoms with Crippen LogP contribution in [0, 0.1) is 0 Å². The van der Waals surface area contributed by atoms with Crippen LogP contribution in [0.5, 0.6) is 5.75 Å². The van der Waals surface area contributed by atoms with Crippen LogP contribution in [0.1, 0.15) is 17.9 Å². The van der Waals surface area contributed by atoms with Crippen LogP contribution >= 0.6 is 0 Å². The van der Waals surface area contributed by atoms with Crippen molar-refractivity contribution < 1.29 is 14.1 Å². The Kier molecular flexibility index (Phi) is 6.14. The number of ether oxygens (including phenoxy) is 1. The lowest BCUT2D eigenvalue weighted by atomic mass is 10.2. The van der Waals surface area contributed by atoms with Crippen molar-refractivity contribution in [2.24, 2.45) is 0 Å². The first-order valence-electron chi connectivity index (χ1n) is 8.75. The van der Waals surface area contributed by atoms with Crippen molar-refractivity contribution in [3.8, 4) is 17.1 Å². The summed E-state index contributed by atoms with van der Waals surface area (Å²) >= 11 is 0. The first-order chi connectivity index (χ1) is 13.2. The number of nitrogens with zero attached hydrogens (tertiary/aromatic N) is 4. The molecule has 0 aliphatic heterocycles. The van der Waals surface area contributed by atoms with E-state index in [2.05, 4.69) is 15.1 Å². The van der Waals surface area contributed by atoms with E-state index in [-0.39, 0.29) is 5.91 Å². The van der Waals surface area contributed by atoms with Crippen LogP contribution < -0.4 is 4.74 Å². The second-order valence-corrected chi connectivity index (χ2v) is 6.16. The zero-order valence-corrected chi connectivity index (χ0v) is 15.5. The highest BCUT2D eigenvalue weighted by molar-refractivity contribution is 5.76. The van der Waals surface area contributed by atoms with Gasteiger partial charge in [-0.3, -0.25) is 9.78 Å². The fourth-order valence-corrected chi connectivity index (χ4v) is 2.59. The Labute approximate surface area is 158 Å². The summed E-state index contributed by atoms with van der Waals surface area (Å²) in [6.07, 6.45) is 5.06. The van der Waals surface area contributed by atoms with E-state index in [0.29, 0.717) is 31.1 Å². The van der Waals surface area contributed by atoms with Gasteiger partial charge in [-0.05, 0) is 48.4 Å². The van der Waals surface area contributed by atoms with Gasteiger partial charge in [-0.1, -0.05) is 5.16 Å². The van der Waals surface area contributed by atoms with Crippen LogP contribution in [0.2, 0.25) is 0 Å². The van der Waals surface area contributed by atoms with Crippen molar-refractivity contribution in [3.05, 3.63) is 60.2 Å². The molecule has 0 unspecified atom stereocenters. The number of methoxy groups -OCH3 is 1. The highest BCUT2D eigenvalue weighted by atomic mass is 16.5. The molecule has 0 fully saturated rings. The molecule has 0 aliphatic rings. The van der Waals surface area contributed by atoms with Gasteiger partial charge in [-0.2, -0.15) is 4.98 Å². The Bertz CT molecular complexity index is 862. The van der Waals surface area contributed by atoms with Gasteiger partial charge in [0.25, 0.3) is 0 Å². The van der Waals surface area contributed by atoms with Crippen LogP contribution in [0.3, 0.4) is 0 Å². The molecule has 2 heterocycles. The van der Waals surface area contributed by atoms with Crippen molar-refractivity contribution >= 4 is 5.91 Å². The first kappa shape index (κ1) is 18.6. The second-order valence-electron chi connectivity index (χ2n) is 6.16. The maximum atomic E-state index is 12.3. The van der Waals surface area contributed by atoms with E-state index in [4.69, 9.17) is 9.26 Å². The van der Waals surface area contributed by atoms with E-state index in [9.17, 15) is 4.79 Å². The Morgan fingerprint density at radius 2 is 1.85 bits per heavy atom. The topological polar surface area (TPSA) is 81.4 Å². The molecule has 7 heteroatoms. The van der Waals surface area contributed by atoms with Crippen LogP contribution in [0.25, 0.3) is 11.4 Å². The third-order valence-corrected chi connectivity index (χ3v) is 4.28. The van der Waals surface area contributed by atoms with E-state index < -0.39 is 0 Å². The summed E-state index contributed by atoms with van der Waals surface area (Å²) < 4.78 is 10.4. The van der Waals surface area contributed by atoms with Crippen LogP contribution in [0.15, 0.2) is 53.3 Å². The summed E-state index contributed by atoms with van der Waals surface area (Å²) in [6.45, 7) is 0.657. The van der Waals surface area contributed by atoms with Crippen molar-refractivity contribution in [1.82, 2.24) is 20.0 Å². The van der Waals surface area contributed by atoms with Gasteiger partial charge < -0.3 is 14.2 Å². The van der Waals surface area contributed by atoms with Gasteiger partial charge in [0, 0.05) is 44.4 Å². The second kappa shape index (κ2) is 8.93. The molecule has 0 saturated carbocycles. The van der Waals surface area contributed by atoms with E-state index >= 15 is 0 Å². The Morgan fingerprint density at radius 1 is 1.11 bits per heavy atom. The number of benzene rings is 1. The lowest BCUT2D eigenvalue weighted by molar-refractivity contribution is -0.129. The number of pyridine rings is 1. The molecule has 7 nitrogen and oxygen atoms in total. The molecule has 1 aromatic carbocycles. The zero-order valence-electron chi connectivity index (χ0n) is 15.5. The number of hydrogen-bond donors (Lipinski definition) is 0. The summed E-state index contributed by atoms with van der Waals surface area (Å²) in [5.74, 6) is 1.78. The number of aryl methyl sites for hydroxylation is 1. The van der Waals surface area contributed by atoms with Gasteiger partial charge in [0.2, 0.25) is 17.6 Å². The summed E-state index contributed by atoms with van der Waals surface area (Å²) in [4.78, 5) is 22.4. The van der Waals surface area contributed by atoms with E-state index in [1.54, 1.807) is 31.5 Å². The minimum Gasteiger partial charge on any atom is -0.497 e. The fraction of sp³-hybridized carbons (Fsp3) is 0.300. The van der Waals surface area contributed by atoms with Crippen molar-refractivity contribution in [1.29, 1.82) is 0 Å². The Balaban J connectivity index is 1.49. The maximum absolute atomic E-state index is 12.3. The van der Waals surface area contributed by atoms with Crippen molar-refractivity contribution in [2.45, 2.75) is 19.3 Å². The molecular formula is C20H22N4O3. The number of carbonyl (C=O) groups is 1. The van der Waals surface area contributed by atoms with E-state index in [1.165, 1.54) is 0 Å². The minimum absolute atomic E-state index is 0.0493. The molecule has 0 aliphatic carbocycles. The lowest BCUT2D eigenvalue weighted by Crippen LogP contribution is -2.29. The lowest BCUT2D eigenvalue weighted by Gasteiger charge is -2.16. The van der Waals surface area contributed by atoms with Crippen molar-refractivity contribution in [2.75, 3.05) is 20.7 Å². The number of hydrogen-bond acceptors (Lipinski definition) is 6. The average Bonchev–Trinajstić information content (AvgIpc) is 3.20. The molecule has 0 radical (unpaired) electrons. The standard InChI is InChI=1S/C20H22N4O3/c1-24(14-11-15-9-12-21-13-10-15)19(25)8-7-18-22-20(23-27-18)16-3-5-17(26-2)6-4-16/h3-6,9-10,12-13H,7-8,11,14H2,1-2H3. The molecule has 0 N–H and O–H groups in total. The van der Waals surface area contributed by atoms with E-state index in [1.807, 2.05) is 36.4 Å². The SMILES string of the molecule is COc1ccc(-c2noc(CCC(=O)N(C)CCc3ccncc3)n2)cc1.